The molecular formula is C18H30N2O3S. The summed E-state index contributed by atoms with van der Waals surface area (Å²) in [5, 5.41) is 0. The molecule has 0 saturated carbocycles. The zero-order valence-electron chi connectivity index (χ0n) is 15.2. The lowest BCUT2D eigenvalue weighted by molar-refractivity contribution is -0.131. The Kier molecular flexibility index (Phi) is 8.42. The van der Waals surface area contributed by atoms with Crippen LogP contribution in [-0.4, -0.2) is 49.4 Å². The number of nitrogens with zero attached hydrogens (tertiary/aromatic N) is 2. The molecule has 0 radical (unpaired) electrons. The molecule has 0 bridgehead atoms. The largest absolute Gasteiger partial charge is 0.339 e. The van der Waals surface area contributed by atoms with E-state index in [9.17, 15) is 13.2 Å². The van der Waals surface area contributed by atoms with Crippen LogP contribution in [0.15, 0.2) is 30.3 Å². The van der Waals surface area contributed by atoms with Crippen molar-refractivity contribution in [2.45, 2.75) is 40.2 Å². The van der Waals surface area contributed by atoms with Crippen molar-refractivity contribution in [1.82, 2.24) is 9.21 Å². The first-order valence-electron chi connectivity index (χ1n) is 8.50. The summed E-state index contributed by atoms with van der Waals surface area (Å²) >= 11 is 0. The van der Waals surface area contributed by atoms with Crippen molar-refractivity contribution in [3.63, 3.8) is 0 Å². The van der Waals surface area contributed by atoms with Gasteiger partial charge < -0.3 is 4.90 Å². The SMILES string of the molecule is CCN(Cc1ccccc1)C(=O)CCN(CCC(C)C)S(C)(=O)=O. The fourth-order valence-corrected chi connectivity index (χ4v) is 3.26. The minimum absolute atomic E-state index is 0.0143. The normalized spacial score (nSPS) is 11.9. The number of hydrogen-bond donors (Lipinski definition) is 0. The molecule has 6 heteroatoms. The average molecular weight is 355 g/mol. The van der Waals surface area contributed by atoms with Crippen LogP contribution in [0.5, 0.6) is 0 Å². The fourth-order valence-electron chi connectivity index (χ4n) is 2.40. The maximum Gasteiger partial charge on any atom is 0.224 e. The van der Waals surface area contributed by atoms with Crippen LogP contribution >= 0.6 is 0 Å². The molecule has 0 aliphatic carbocycles. The zero-order valence-corrected chi connectivity index (χ0v) is 16.1. The molecule has 1 rings (SSSR count). The van der Waals surface area contributed by atoms with Crippen LogP contribution in [-0.2, 0) is 21.4 Å². The molecule has 0 fully saturated rings. The third-order valence-corrected chi connectivity index (χ3v) is 5.25. The second-order valence-corrected chi connectivity index (χ2v) is 8.47. The van der Waals surface area contributed by atoms with Gasteiger partial charge in [-0.05, 0) is 24.8 Å². The summed E-state index contributed by atoms with van der Waals surface area (Å²) in [5.74, 6) is 0.412. The summed E-state index contributed by atoms with van der Waals surface area (Å²) in [6.45, 7) is 7.94. The highest BCUT2D eigenvalue weighted by Crippen LogP contribution is 2.10. The first-order chi connectivity index (χ1) is 11.2. The molecule has 0 atom stereocenters. The number of amides is 1. The van der Waals surface area contributed by atoms with Crippen LogP contribution in [0, 0.1) is 5.92 Å². The Labute approximate surface area is 146 Å². The van der Waals surface area contributed by atoms with Gasteiger partial charge in [-0.2, -0.15) is 0 Å². The van der Waals surface area contributed by atoms with Crippen LogP contribution in [0.1, 0.15) is 39.2 Å². The molecule has 0 aliphatic rings. The molecule has 1 amide bonds. The minimum Gasteiger partial charge on any atom is -0.339 e. The van der Waals surface area contributed by atoms with Crippen LogP contribution in [0.2, 0.25) is 0 Å². The van der Waals surface area contributed by atoms with Crippen molar-refractivity contribution in [1.29, 1.82) is 0 Å². The van der Waals surface area contributed by atoms with Crippen molar-refractivity contribution in [2.24, 2.45) is 5.92 Å². The summed E-state index contributed by atoms with van der Waals surface area (Å²) in [5.41, 5.74) is 1.08. The number of sulfonamides is 1. The Morgan fingerprint density at radius 3 is 2.25 bits per heavy atom. The molecule has 24 heavy (non-hydrogen) atoms. The molecule has 0 heterocycles. The smallest absolute Gasteiger partial charge is 0.224 e. The maximum atomic E-state index is 12.5. The predicted octanol–water partition coefficient (Wildman–Crippen LogP) is 2.73. The van der Waals surface area contributed by atoms with E-state index in [1.165, 1.54) is 10.6 Å². The van der Waals surface area contributed by atoms with E-state index in [-0.39, 0.29) is 18.9 Å². The van der Waals surface area contributed by atoms with Crippen molar-refractivity contribution >= 4 is 15.9 Å². The first-order valence-corrected chi connectivity index (χ1v) is 10.4. The second-order valence-electron chi connectivity index (χ2n) is 6.49. The molecule has 0 spiro atoms. The molecule has 1 aromatic rings. The Balaban J connectivity index is 2.62. The van der Waals surface area contributed by atoms with Gasteiger partial charge in [0.15, 0.2) is 0 Å². The van der Waals surface area contributed by atoms with Gasteiger partial charge in [-0.25, -0.2) is 12.7 Å². The molecule has 136 valence electrons. The number of benzene rings is 1. The monoisotopic (exact) mass is 354 g/mol. The van der Waals surface area contributed by atoms with Gasteiger partial charge in [-0.15, -0.1) is 0 Å². The summed E-state index contributed by atoms with van der Waals surface area (Å²) < 4.78 is 25.2. The Hall–Kier alpha value is -1.40. The van der Waals surface area contributed by atoms with Crippen molar-refractivity contribution in [3.05, 3.63) is 35.9 Å². The molecule has 0 saturated heterocycles. The van der Waals surface area contributed by atoms with Crippen LogP contribution < -0.4 is 0 Å². The average Bonchev–Trinajstić information content (AvgIpc) is 2.51. The van der Waals surface area contributed by atoms with Crippen molar-refractivity contribution in [2.75, 3.05) is 25.9 Å². The number of carbonyl (C=O) groups is 1. The van der Waals surface area contributed by atoms with Crippen LogP contribution in [0.4, 0.5) is 0 Å². The highest BCUT2D eigenvalue weighted by molar-refractivity contribution is 7.88. The van der Waals surface area contributed by atoms with Crippen molar-refractivity contribution in [3.8, 4) is 0 Å². The third kappa shape index (κ3) is 7.45. The van der Waals surface area contributed by atoms with E-state index in [4.69, 9.17) is 0 Å². The van der Waals surface area contributed by atoms with Gasteiger partial charge in [0, 0.05) is 32.6 Å². The summed E-state index contributed by atoms with van der Waals surface area (Å²) in [6, 6.07) is 9.82. The van der Waals surface area contributed by atoms with Gasteiger partial charge in [0.1, 0.15) is 0 Å². The standard InChI is InChI=1S/C18H30N2O3S/c1-5-19(15-17-9-7-6-8-10-17)18(21)12-14-20(24(4,22)23)13-11-16(2)3/h6-10,16H,5,11-15H2,1-4H3. The molecule has 1 aromatic carbocycles. The molecule has 0 unspecified atom stereocenters. The summed E-state index contributed by atoms with van der Waals surface area (Å²) in [4.78, 5) is 14.2. The quantitative estimate of drug-likeness (QED) is 0.649. The van der Waals surface area contributed by atoms with Gasteiger partial charge in [0.25, 0.3) is 0 Å². The summed E-state index contributed by atoms with van der Waals surface area (Å²) in [7, 11) is -3.28. The highest BCUT2D eigenvalue weighted by Gasteiger charge is 2.20. The van der Waals surface area contributed by atoms with E-state index >= 15 is 0 Å². The van der Waals surface area contributed by atoms with Gasteiger partial charge >= 0.3 is 0 Å². The van der Waals surface area contributed by atoms with Gasteiger partial charge in [0.2, 0.25) is 15.9 Å². The zero-order chi connectivity index (χ0) is 18.2. The molecule has 0 aromatic heterocycles. The van der Waals surface area contributed by atoms with E-state index in [1.54, 1.807) is 4.90 Å². The lowest BCUT2D eigenvalue weighted by Crippen LogP contribution is -2.37. The number of carbonyl (C=O) groups excluding carboxylic acids is 1. The van der Waals surface area contributed by atoms with Gasteiger partial charge in [-0.3, -0.25) is 4.79 Å². The second kappa shape index (κ2) is 9.79. The Morgan fingerprint density at radius 2 is 1.75 bits per heavy atom. The van der Waals surface area contributed by atoms with E-state index in [0.29, 0.717) is 25.6 Å². The molecule has 5 nitrogen and oxygen atoms in total. The predicted molar refractivity (Wildman–Crippen MR) is 98.0 cm³/mol. The first kappa shape index (κ1) is 20.6. The summed E-state index contributed by atoms with van der Waals surface area (Å²) in [6.07, 6.45) is 2.22. The van der Waals surface area contributed by atoms with Crippen molar-refractivity contribution < 1.29 is 13.2 Å². The third-order valence-electron chi connectivity index (χ3n) is 3.95. The number of hydrogen-bond acceptors (Lipinski definition) is 3. The molecule has 0 N–H and O–H groups in total. The van der Waals surface area contributed by atoms with E-state index in [0.717, 1.165) is 12.0 Å². The minimum atomic E-state index is -3.28. The lowest BCUT2D eigenvalue weighted by atomic mass is 10.1. The topological polar surface area (TPSA) is 57.7 Å². The van der Waals surface area contributed by atoms with E-state index < -0.39 is 10.0 Å². The van der Waals surface area contributed by atoms with Crippen LogP contribution in [0.25, 0.3) is 0 Å². The fraction of sp³-hybridized carbons (Fsp3) is 0.611. The van der Waals surface area contributed by atoms with Gasteiger partial charge in [0.05, 0.1) is 6.26 Å². The molecule has 0 aliphatic heterocycles. The number of rotatable bonds is 10. The Bertz CT molecular complexity index is 600. The van der Waals surface area contributed by atoms with E-state index in [2.05, 4.69) is 13.8 Å². The van der Waals surface area contributed by atoms with Crippen LogP contribution in [0.3, 0.4) is 0 Å². The van der Waals surface area contributed by atoms with Gasteiger partial charge in [-0.1, -0.05) is 44.2 Å². The molecular weight excluding hydrogens is 324 g/mol. The van der Waals surface area contributed by atoms with E-state index in [1.807, 2.05) is 37.3 Å². The maximum absolute atomic E-state index is 12.5. The lowest BCUT2D eigenvalue weighted by Gasteiger charge is -2.24. The highest BCUT2D eigenvalue weighted by atomic mass is 32.2. The Morgan fingerprint density at radius 1 is 1.12 bits per heavy atom.